The van der Waals surface area contributed by atoms with E-state index in [0.717, 1.165) is 23.2 Å². The third kappa shape index (κ3) is 13.0. The van der Waals surface area contributed by atoms with Crippen molar-refractivity contribution in [1.82, 2.24) is 10.6 Å². The van der Waals surface area contributed by atoms with Crippen molar-refractivity contribution in [2.24, 2.45) is 0 Å². The molecule has 0 heterocycles. The molecule has 2 rings (SSSR count). The summed E-state index contributed by atoms with van der Waals surface area (Å²) < 4.78 is 21.5. The summed E-state index contributed by atoms with van der Waals surface area (Å²) in [7, 11) is 0.424. The molecule has 2 amide bonds. The normalized spacial score (nSPS) is 12.4. The first kappa shape index (κ1) is 32.7. The predicted molar refractivity (Wildman–Crippen MR) is 167 cm³/mol. The average molecular weight is 585 g/mol. The van der Waals surface area contributed by atoms with Gasteiger partial charge in [-0.3, -0.25) is 10.6 Å². The Morgan fingerprint density at radius 3 is 1.23 bits per heavy atom. The number of hydrogen-bond acceptors (Lipinski definition) is 6. The van der Waals surface area contributed by atoms with Crippen LogP contribution in [0.3, 0.4) is 0 Å². The maximum absolute atomic E-state index is 12.9. The minimum Gasteiger partial charge on any atom is -0.497 e. The molecule has 2 N–H and O–H groups in total. The second-order valence-electron chi connectivity index (χ2n) is 11.8. The number of rotatable bonds is 13. The van der Waals surface area contributed by atoms with Crippen LogP contribution in [-0.2, 0) is 9.47 Å². The molecule has 218 valence electrons. The van der Waals surface area contributed by atoms with Crippen LogP contribution in [0, 0.1) is 0 Å². The van der Waals surface area contributed by atoms with Gasteiger partial charge in [0.1, 0.15) is 11.5 Å². The molecule has 8 nitrogen and oxygen atoms in total. The first-order valence-corrected chi connectivity index (χ1v) is 20.8. The Bertz CT molecular complexity index is 1070. The summed E-state index contributed by atoms with van der Waals surface area (Å²) in [6.45, 7) is 14.0. The zero-order chi connectivity index (χ0) is 29.8. The first-order valence-electron chi connectivity index (χ1n) is 13.4. The van der Waals surface area contributed by atoms with Gasteiger partial charge in [0.2, 0.25) is 0 Å². The van der Waals surface area contributed by atoms with Crippen molar-refractivity contribution in [1.29, 1.82) is 0 Å². The Morgan fingerprint density at radius 2 is 0.950 bits per heavy atom. The number of carbonyl (C=O) groups excluding carboxylic acids is 2. The van der Waals surface area contributed by atoms with E-state index in [4.69, 9.17) is 18.9 Å². The van der Waals surface area contributed by atoms with Gasteiger partial charge in [-0.1, -0.05) is 63.5 Å². The molecule has 10 heteroatoms. The lowest BCUT2D eigenvalue weighted by atomic mass is 10.1. The van der Waals surface area contributed by atoms with Crippen LogP contribution in [0.25, 0.3) is 12.2 Å². The van der Waals surface area contributed by atoms with E-state index in [-0.39, 0.29) is 0 Å². The lowest BCUT2D eigenvalue weighted by Gasteiger charge is -2.19. The van der Waals surface area contributed by atoms with E-state index in [9.17, 15) is 9.59 Å². The van der Waals surface area contributed by atoms with Crippen molar-refractivity contribution in [3.05, 3.63) is 71.1 Å². The highest BCUT2D eigenvalue weighted by molar-refractivity contribution is 6.76. The Hall–Kier alpha value is -3.51. The van der Waals surface area contributed by atoms with E-state index in [1.165, 1.54) is 0 Å². The molecule has 0 spiro atoms. The molecular formula is C30H44N2O6Si2. The van der Waals surface area contributed by atoms with Crippen LogP contribution in [0.15, 0.2) is 59.9 Å². The summed E-state index contributed by atoms with van der Waals surface area (Å²) in [5, 5.41) is 5.67. The zero-order valence-electron chi connectivity index (χ0n) is 25.1. The summed E-state index contributed by atoms with van der Waals surface area (Å²) in [6.07, 6.45) is 2.31. The van der Waals surface area contributed by atoms with Crippen molar-refractivity contribution >= 4 is 40.5 Å². The van der Waals surface area contributed by atoms with E-state index in [2.05, 4.69) is 49.9 Å². The second kappa shape index (κ2) is 15.3. The fraction of sp³-hybridized carbons (Fsp3) is 0.400. The highest BCUT2D eigenvalue weighted by Crippen LogP contribution is 2.20. The molecule has 0 saturated heterocycles. The maximum Gasteiger partial charge on any atom is 0.411 e. The Morgan fingerprint density at radius 1 is 0.625 bits per heavy atom. The number of nitrogens with one attached hydrogen (secondary N) is 2. The van der Waals surface area contributed by atoms with Gasteiger partial charge in [0.05, 0.1) is 38.8 Å². The second-order valence-corrected chi connectivity index (χ2v) is 23.0. The maximum atomic E-state index is 12.9. The van der Waals surface area contributed by atoms with E-state index in [1.54, 1.807) is 26.4 Å². The van der Waals surface area contributed by atoms with Crippen molar-refractivity contribution < 1.29 is 28.5 Å². The highest BCUT2D eigenvalue weighted by atomic mass is 28.3. The quantitative estimate of drug-likeness (QED) is 0.191. The third-order valence-electron chi connectivity index (χ3n) is 5.79. The van der Waals surface area contributed by atoms with Crippen LogP contribution < -0.4 is 20.1 Å². The van der Waals surface area contributed by atoms with Gasteiger partial charge in [0, 0.05) is 16.1 Å². The first-order chi connectivity index (χ1) is 18.8. The van der Waals surface area contributed by atoms with Crippen LogP contribution in [0.2, 0.25) is 51.4 Å². The SMILES string of the molecule is COc1ccc(/C=C(NC(=O)OCC[Si](C)(C)C)/C(=C/c2ccc(OC)cc2)NC(=O)OCC[Si](C)(C)C)cc1. The van der Waals surface area contributed by atoms with Gasteiger partial charge in [-0.2, -0.15) is 0 Å². The van der Waals surface area contributed by atoms with E-state index >= 15 is 0 Å². The molecule has 0 radical (unpaired) electrons. The van der Waals surface area contributed by atoms with Gasteiger partial charge in [0.15, 0.2) is 0 Å². The molecule has 2 aromatic rings. The molecule has 0 bridgehead atoms. The van der Waals surface area contributed by atoms with Gasteiger partial charge in [0.25, 0.3) is 0 Å². The summed E-state index contributed by atoms with van der Waals surface area (Å²) in [5.74, 6) is 1.41. The molecular weight excluding hydrogens is 541 g/mol. The number of methoxy groups -OCH3 is 2. The van der Waals surface area contributed by atoms with Crippen LogP contribution in [-0.4, -0.2) is 55.8 Å². The van der Waals surface area contributed by atoms with Gasteiger partial charge in [-0.15, -0.1) is 0 Å². The van der Waals surface area contributed by atoms with Crippen molar-refractivity contribution in [3.63, 3.8) is 0 Å². The monoisotopic (exact) mass is 584 g/mol. The third-order valence-corrected chi connectivity index (χ3v) is 9.20. The highest BCUT2D eigenvalue weighted by Gasteiger charge is 2.18. The van der Waals surface area contributed by atoms with Gasteiger partial charge in [-0.05, 0) is 59.6 Å². The van der Waals surface area contributed by atoms with Gasteiger partial charge >= 0.3 is 12.2 Å². The summed E-state index contributed by atoms with van der Waals surface area (Å²) in [6, 6.07) is 16.4. The molecule has 0 aliphatic carbocycles. The number of carbonyl (C=O) groups is 2. The Balaban J connectivity index is 2.43. The number of hydrogen-bond donors (Lipinski definition) is 2. The molecule has 0 aromatic heterocycles. The minimum atomic E-state index is -1.39. The molecule has 0 atom stereocenters. The molecule has 0 aliphatic rings. The molecule has 40 heavy (non-hydrogen) atoms. The smallest absolute Gasteiger partial charge is 0.411 e. The lowest BCUT2D eigenvalue weighted by Crippen LogP contribution is -2.33. The van der Waals surface area contributed by atoms with Crippen LogP contribution in [0.5, 0.6) is 11.5 Å². The fourth-order valence-corrected chi connectivity index (χ4v) is 4.72. The molecule has 0 fully saturated rings. The molecule has 0 unspecified atom stereocenters. The topological polar surface area (TPSA) is 95.1 Å². The molecule has 0 aliphatic heterocycles. The lowest BCUT2D eigenvalue weighted by molar-refractivity contribution is 0.151. The molecule has 0 saturated carbocycles. The fourth-order valence-electron chi connectivity index (χ4n) is 3.29. The van der Waals surface area contributed by atoms with Crippen molar-refractivity contribution in [2.75, 3.05) is 27.4 Å². The van der Waals surface area contributed by atoms with Gasteiger partial charge < -0.3 is 18.9 Å². The predicted octanol–water partition coefficient (Wildman–Crippen LogP) is 7.21. The van der Waals surface area contributed by atoms with Crippen molar-refractivity contribution in [3.8, 4) is 11.5 Å². The summed E-state index contributed by atoms with van der Waals surface area (Å²) in [4.78, 5) is 25.8. The van der Waals surface area contributed by atoms with E-state index in [1.807, 2.05) is 48.5 Å². The largest absolute Gasteiger partial charge is 0.497 e. The number of amides is 2. The standard InChI is InChI=1S/C30H44N2O6Si2/c1-35-25-13-9-23(10-14-25)21-27(31-29(33)37-17-19-39(3,4)5)28(22-24-11-15-26(36-2)16-12-24)32-30(34)38-18-20-40(6,7)8/h9-16,21-22H,17-20H2,1-8H3,(H,31,33)(H,32,34)/b27-21-,28-22-. The Labute approximate surface area is 240 Å². The molecule has 2 aromatic carbocycles. The van der Waals surface area contributed by atoms with E-state index < -0.39 is 28.3 Å². The minimum absolute atomic E-state index is 0.320. The van der Waals surface area contributed by atoms with Crippen LogP contribution >= 0.6 is 0 Å². The number of benzene rings is 2. The number of alkyl carbamates (subject to hydrolysis) is 2. The van der Waals surface area contributed by atoms with Gasteiger partial charge in [-0.25, -0.2) is 9.59 Å². The van der Waals surface area contributed by atoms with E-state index in [0.29, 0.717) is 36.1 Å². The summed E-state index contributed by atoms with van der Waals surface area (Å²) in [5.41, 5.74) is 2.27. The van der Waals surface area contributed by atoms with Crippen molar-refractivity contribution in [2.45, 2.75) is 51.4 Å². The Kier molecular flexibility index (Phi) is 12.5. The zero-order valence-corrected chi connectivity index (χ0v) is 27.1. The number of ether oxygens (including phenoxy) is 4. The van der Waals surface area contributed by atoms with Crippen LogP contribution in [0.1, 0.15) is 11.1 Å². The summed E-state index contributed by atoms with van der Waals surface area (Å²) >= 11 is 0. The van der Waals surface area contributed by atoms with Crippen LogP contribution in [0.4, 0.5) is 9.59 Å². The average Bonchev–Trinajstić information content (AvgIpc) is 2.87.